The van der Waals surface area contributed by atoms with E-state index in [0.717, 1.165) is 5.56 Å². The number of ether oxygens (including phenoxy) is 1. The van der Waals surface area contributed by atoms with E-state index < -0.39 is 12.0 Å². The molecule has 98 valence electrons. The van der Waals surface area contributed by atoms with Crippen molar-refractivity contribution in [1.82, 2.24) is 5.32 Å². The molecule has 0 amide bonds. The van der Waals surface area contributed by atoms with Crippen LogP contribution in [-0.4, -0.2) is 25.7 Å². The topological polar surface area (TPSA) is 64.3 Å². The van der Waals surface area contributed by atoms with Crippen LogP contribution in [0.2, 0.25) is 0 Å². The Kier molecular flexibility index (Phi) is 11.3. The van der Waals surface area contributed by atoms with Gasteiger partial charge in [-0.3, -0.25) is 4.79 Å². The summed E-state index contributed by atoms with van der Waals surface area (Å²) in [6.45, 7) is 1.12. The molecular formula is C11H18Cl2N2O2. The van der Waals surface area contributed by atoms with Gasteiger partial charge in [-0.15, -0.1) is 24.8 Å². The summed E-state index contributed by atoms with van der Waals surface area (Å²) < 4.78 is 4.51. The molecule has 4 nitrogen and oxygen atoms in total. The Morgan fingerprint density at radius 1 is 1.35 bits per heavy atom. The first-order valence-corrected chi connectivity index (χ1v) is 4.82. The zero-order chi connectivity index (χ0) is 11.1. The normalized spacial score (nSPS) is 10.7. The summed E-state index contributed by atoms with van der Waals surface area (Å²) in [5.74, 6) is -0.393. The monoisotopic (exact) mass is 280 g/mol. The molecule has 0 aromatic heterocycles. The Morgan fingerprint density at radius 2 is 1.94 bits per heavy atom. The van der Waals surface area contributed by atoms with Gasteiger partial charge in [-0.25, -0.2) is 0 Å². The largest absolute Gasteiger partial charge is 0.468 e. The molecule has 1 atom stereocenters. The Labute approximate surface area is 114 Å². The van der Waals surface area contributed by atoms with Crippen molar-refractivity contribution in [3.8, 4) is 0 Å². The van der Waals surface area contributed by atoms with Crippen molar-refractivity contribution in [2.45, 2.75) is 12.6 Å². The van der Waals surface area contributed by atoms with Crippen molar-refractivity contribution in [2.24, 2.45) is 5.73 Å². The lowest BCUT2D eigenvalue weighted by atomic mass is 10.2. The third kappa shape index (κ3) is 7.18. The van der Waals surface area contributed by atoms with Crippen LogP contribution in [0.15, 0.2) is 30.3 Å². The summed E-state index contributed by atoms with van der Waals surface area (Å²) in [6, 6.07) is 9.32. The highest BCUT2D eigenvalue weighted by atomic mass is 35.5. The quantitative estimate of drug-likeness (QED) is 0.794. The second kappa shape index (κ2) is 10.4. The average molecular weight is 281 g/mol. The predicted octanol–water partition coefficient (Wildman–Crippen LogP) is 1.12. The molecule has 0 fully saturated rings. The van der Waals surface area contributed by atoms with Crippen LogP contribution in [0.4, 0.5) is 0 Å². The van der Waals surface area contributed by atoms with Crippen LogP contribution in [0.1, 0.15) is 5.56 Å². The van der Waals surface area contributed by atoms with Gasteiger partial charge in [-0.2, -0.15) is 0 Å². The molecule has 0 radical (unpaired) electrons. The van der Waals surface area contributed by atoms with E-state index in [9.17, 15) is 4.79 Å². The molecule has 0 aliphatic carbocycles. The zero-order valence-electron chi connectivity index (χ0n) is 9.59. The SMILES string of the molecule is COC(=O)[C@@H](N)CNCc1ccccc1.Cl.Cl. The highest BCUT2D eigenvalue weighted by molar-refractivity contribution is 5.85. The maximum absolute atomic E-state index is 11.0. The fraction of sp³-hybridized carbons (Fsp3) is 0.364. The minimum absolute atomic E-state index is 0. The fourth-order valence-electron chi connectivity index (χ4n) is 1.20. The summed E-state index contributed by atoms with van der Waals surface area (Å²) in [5, 5.41) is 3.09. The van der Waals surface area contributed by atoms with Gasteiger partial charge in [0.05, 0.1) is 7.11 Å². The minimum atomic E-state index is -0.598. The summed E-state index contributed by atoms with van der Waals surface area (Å²) >= 11 is 0. The van der Waals surface area contributed by atoms with E-state index in [0.29, 0.717) is 13.1 Å². The molecule has 0 aliphatic heterocycles. The summed E-state index contributed by atoms with van der Waals surface area (Å²) in [4.78, 5) is 11.0. The predicted molar refractivity (Wildman–Crippen MR) is 72.6 cm³/mol. The lowest BCUT2D eigenvalue weighted by Gasteiger charge is -2.10. The van der Waals surface area contributed by atoms with Gasteiger partial charge in [-0.05, 0) is 5.56 Å². The lowest BCUT2D eigenvalue weighted by Crippen LogP contribution is -2.40. The van der Waals surface area contributed by atoms with Crippen LogP contribution in [0.5, 0.6) is 0 Å². The number of benzene rings is 1. The van der Waals surface area contributed by atoms with Crippen LogP contribution in [0.3, 0.4) is 0 Å². The number of halogens is 2. The first kappa shape index (κ1) is 18.6. The van der Waals surface area contributed by atoms with Crippen LogP contribution < -0.4 is 11.1 Å². The molecule has 0 bridgehead atoms. The van der Waals surface area contributed by atoms with Gasteiger partial charge in [0.15, 0.2) is 0 Å². The molecule has 1 aromatic carbocycles. The number of methoxy groups -OCH3 is 1. The second-order valence-electron chi connectivity index (χ2n) is 3.25. The van der Waals surface area contributed by atoms with Gasteiger partial charge in [0, 0.05) is 13.1 Å². The number of nitrogens with two attached hydrogens (primary N) is 1. The van der Waals surface area contributed by atoms with E-state index >= 15 is 0 Å². The van der Waals surface area contributed by atoms with Gasteiger partial charge in [0.1, 0.15) is 6.04 Å². The van der Waals surface area contributed by atoms with E-state index in [2.05, 4.69) is 10.1 Å². The van der Waals surface area contributed by atoms with Crippen LogP contribution in [-0.2, 0) is 16.1 Å². The highest BCUT2D eigenvalue weighted by Gasteiger charge is 2.12. The van der Waals surface area contributed by atoms with Gasteiger partial charge in [0.25, 0.3) is 0 Å². The smallest absolute Gasteiger partial charge is 0.323 e. The zero-order valence-corrected chi connectivity index (χ0v) is 11.2. The number of hydrogen-bond donors (Lipinski definition) is 2. The van der Waals surface area contributed by atoms with E-state index in [-0.39, 0.29) is 24.8 Å². The minimum Gasteiger partial charge on any atom is -0.468 e. The van der Waals surface area contributed by atoms with Crippen molar-refractivity contribution < 1.29 is 9.53 Å². The van der Waals surface area contributed by atoms with Gasteiger partial charge in [-0.1, -0.05) is 30.3 Å². The molecule has 0 unspecified atom stereocenters. The lowest BCUT2D eigenvalue weighted by molar-refractivity contribution is -0.142. The summed E-state index contributed by atoms with van der Waals surface area (Å²) in [5.41, 5.74) is 6.72. The van der Waals surface area contributed by atoms with E-state index in [1.165, 1.54) is 7.11 Å². The Balaban J connectivity index is 0. The molecule has 0 spiro atoms. The number of carbonyl (C=O) groups is 1. The first-order chi connectivity index (χ1) is 7.24. The number of carbonyl (C=O) groups excluding carboxylic acids is 1. The number of rotatable bonds is 5. The molecule has 0 saturated heterocycles. The first-order valence-electron chi connectivity index (χ1n) is 4.82. The maximum atomic E-state index is 11.0. The van der Waals surface area contributed by atoms with Crippen molar-refractivity contribution in [2.75, 3.05) is 13.7 Å². The van der Waals surface area contributed by atoms with E-state index in [4.69, 9.17) is 5.73 Å². The average Bonchev–Trinajstić information content (AvgIpc) is 2.29. The third-order valence-corrected chi connectivity index (χ3v) is 2.04. The molecule has 1 rings (SSSR count). The van der Waals surface area contributed by atoms with Crippen molar-refractivity contribution in [1.29, 1.82) is 0 Å². The van der Waals surface area contributed by atoms with Crippen molar-refractivity contribution in [3.05, 3.63) is 35.9 Å². The molecular weight excluding hydrogens is 263 g/mol. The summed E-state index contributed by atoms with van der Waals surface area (Å²) in [6.07, 6.45) is 0. The van der Waals surface area contributed by atoms with Gasteiger partial charge in [0.2, 0.25) is 0 Å². The summed E-state index contributed by atoms with van der Waals surface area (Å²) in [7, 11) is 1.33. The Bertz CT molecular complexity index is 310. The molecule has 1 aromatic rings. The molecule has 17 heavy (non-hydrogen) atoms. The van der Waals surface area contributed by atoms with Gasteiger partial charge < -0.3 is 15.8 Å². The molecule has 0 aliphatic rings. The third-order valence-electron chi connectivity index (χ3n) is 2.04. The number of nitrogens with one attached hydrogen (secondary N) is 1. The maximum Gasteiger partial charge on any atom is 0.323 e. The van der Waals surface area contributed by atoms with Crippen molar-refractivity contribution >= 4 is 30.8 Å². The Morgan fingerprint density at radius 3 is 2.47 bits per heavy atom. The number of esters is 1. The molecule has 3 N–H and O–H groups in total. The fourth-order valence-corrected chi connectivity index (χ4v) is 1.20. The van der Waals surface area contributed by atoms with E-state index in [1.807, 2.05) is 30.3 Å². The molecule has 0 saturated carbocycles. The molecule has 0 heterocycles. The van der Waals surface area contributed by atoms with Crippen molar-refractivity contribution in [3.63, 3.8) is 0 Å². The Hall–Kier alpha value is -0.810. The van der Waals surface area contributed by atoms with Crippen LogP contribution in [0, 0.1) is 0 Å². The van der Waals surface area contributed by atoms with Crippen LogP contribution in [0.25, 0.3) is 0 Å². The van der Waals surface area contributed by atoms with Crippen LogP contribution >= 0.6 is 24.8 Å². The van der Waals surface area contributed by atoms with Gasteiger partial charge >= 0.3 is 5.97 Å². The number of hydrogen-bond acceptors (Lipinski definition) is 4. The standard InChI is InChI=1S/C11H16N2O2.2ClH/c1-15-11(14)10(12)8-13-7-9-5-3-2-4-6-9;;/h2-6,10,13H,7-8,12H2,1H3;2*1H/t10-;;/m0../s1. The second-order valence-corrected chi connectivity index (χ2v) is 3.25. The van der Waals surface area contributed by atoms with E-state index in [1.54, 1.807) is 0 Å². The highest BCUT2D eigenvalue weighted by Crippen LogP contribution is 1.96. The molecule has 6 heteroatoms.